The van der Waals surface area contributed by atoms with E-state index >= 15 is 0 Å². The molecule has 1 atom stereocenters. The van der Waals surface area contributed by atoms with Crippen molar-refractivity contribution in [3.8, 4) is 0 Å². The largest absolute Gasteiger partial charge is 0.384 e. The molecule has 1 aromatic carbocycles. The van der Waals surface area contributed by atoms with E-state index in [1.54, 1.807) is 0 Å². The Kier molecular flexibility index (Phi) is 5.48. The van der Waals surface area contributed by atoms with Crippen molar-refractivity contribution in [2.45, 2.75) is 12.8 Å². The van der Waals surface area contributed by atoms with Gasteiger partial charge in [0, 0.05) is 48.0 Å². The molecule has 118 valence electrons. The van der Waals surface area contributed by atoms with Crippen molar-refractivity contribution < 1.29 is 9.47 Å². The summed E-state index contributed by atoms with van der Waals surface area (Å²) in [4.78, 5) is 4.35. The topological polar surface area (TPSA) is 43.4 Å². The molecule has 2 heterocycles. The molecule has 1 aliphatic rings. The molecule has 3 rings (SSSR count). The van der Waals surface area contributed by atoms with Gasteiger partial charge in [-0.15, -0.1) is 0 Å². The molecular formula is C17H21ClN2O2. The number of nitrogens with zero attached hydrogens (tertiary/aromatic N) is 1. The van der Waals surface area contributed by atoms with Gasteiger partial charge in [0.2, 0.25) is 0 Å². The SMILES string of the molecule is Clc1ccc2nccc(NCCCOCC3CCOC3)c2c1. The summed E-state index contributed by atoms with van der Waals surface area (Å²) < 4.78 is 11.0. The Hall–Kier alpha value is -1.36. The van der Waals surface area contributed by atoms with Crippen molar-refractivity contribution in [3.05, 3.63) is 35.5 Å². The first-order chi connectivity index (χ1) is 10.8. The number of hydrogen-bond acceptors (Lipinski definition) is 4. The summed E-state index contributed by atoms with van der Waals surface area (Å²) >= 11 is 6.07. The zero-order chi connectivity index (χ0) is 15.2. The van der Waals surface area contributed by atoms with Gasteiger partial charge in [-0.1, -0.05) is 11.6 Å². The van der Waals surface area contributed by atoms with Gasteiger partial charge < -0.3 is 14.8 Å². The van der Waals surface area contributed by atoms with Crippen LogP contribution in [-0.4, -0.2) is 38.0 Å². The van der Waals surface area contributed by atoms with E-state index in [9.17, 15) is 0 Å². The van der Waals surface area contributed by atoms with Crippen LogP contribution in [0.3, 0.4) is 0 Å². The van der Waals surface area contributed by atoms with E-state index in [2.05, 4.69) is 10.3 Å². The molecule has 1 saturated heterocycles. The lowest BCUT2D eigenvalue weighted by Crippen LogP contribution is -2.12. The Morgan fingerprint density at radius 3 is 3.18 bits per heavy atom. The van der Waals surface area contributed by atoms with E-state index in [1.165, 1.54) is 0 Å². The van der Waals surface area contributed by atoms with Gasteiger partial charge in [0.05, 0.1) is 18.7 Å². The number of anilines is 1. The number of fused-ring (bicyclic) bond motifs is 1. The zero-order valence-corrected chi connectivity index (χ0v) is 13.3. The number of halogens is 1. The Morgan fingerprint density at radius 2 is 2.32 bits per heavy atom. The average Bonchev–Trinajstić information content (AvgIpc) is 3.04. The summed E-state index contributed by atoms with van der Waals surface area (Å²) in [7, 11) is 0. The molecule has 0 aliphatic carbocycles. The Bertz CT molecular complexity index is 615. The van der Waals surface area contributed by atoms with E-state index in [1.807, 2.05) is 30.5 Å². The van der Waals surface area contributed by atoms with Crippen LogP contribution in [0.2, 0.25) is 5.02 Å². The molecule has 0 saturated carbocycles. The highest BCUT2D eigenvalue weighted by Gasteiger charge is 2.15. The Balaban J connectivity index is 1.44. The summed E-state index contributed by atoms with van der Waals surface area (Å²) in [6.07, 6.45) is 3.91. The van der Waals surface area contributed by atoms with Crippen LogP contribution in [-0.2, 0) is 9.47 Å². The summed E-state index contributed by atoms with van der Waals surface area (Å²) in [6, 6.07) is 7.73. The smallest absolute Gasteiger partial charge is 0.0723 e. The molecule has 1 N–H and O–H groups in total. The fourth-order valence-electron chi connectivity index (χ4n) is 2.63. The van der Waals surface area contributed by atoms with Crippen molar-refractivity contribution in [2.24, 2.45) is 5.92 Å². The first-order valence-corrected chi connectivity index (χ1v) is 8.14. The predicted molar refractivity (Wildman–Crippen MR) is 89.6 cm³/mol. The van der Waals surface area contributed by atoms with Gasteiger partial charge in [0.15, 0.2) is 0 Å². The van der Waals surface area contributed by atoms with Crippen LogP contribution in [0, 0.1) is 5.92 Å². The minimum absolute atomic E-state index is 0.583. The van der Waals surface area contributed by atoms with Gasteiger partial charge in [-0.3, -0.25) is 4.98 Å². The second-order valence-electron chi connectivity index (χ2n) is 5.60. The Morgan fingerprint density at radius 1 is 1.36 bits per heavy atom. The maximum Gasteiger partial charge on any atom is 0.0723 e. The quantitative estimate of drug-likeness (QED) is 0.789. The van der Waals surface area contributed by atoms with E-state index in [-0.39, 0.29) is 0 Å². The highest BCUT2D eigenvalue weighted by Crippen LogP contribution is 2.24. The highest BCUT2D eigenvalue weighted by atomic mass is 35.5. The lowest BCUT2D eigenvalue weighted by molar-refractivity contribution is 0.0897. The number of nitrogens with one attached hydrogen (secondary N) is 1. The molecule has 22 heavy (non-hydrogen) atoms. The van der Waals surface area contributed by atoms with Crippen LogP contribution in [0.15, 0.2) is 30.5 Å². The van der Waals surface area contributed by atoms with Gasteiger partial charge in [0.25, 0.3) is 0 Å². The lowest BCUT2D eigenvalue weighted by atomic mass is 10.1. The summed E-state index contributed by atoms with van der Waals surface area (Å²) in [6.45, 7) is 4.18. The number of aromatic nitrogens is 1. The third-order valence-electron chi connectivity index (χ3n) is 3.86. The maximum absolute atomic E-state index is 6.07. The second kappa shape index (κ2) is 7.77. The number of ether oxygens (including phenoxy) is 2. The second-order valence-corrected chi connectivity index (χ2v) is 6.04. The van der Waals surface area contributed by atoms with Crippen LogP contribution in [0.4, 0.5) is 5.69 Å². The number of hydrogen-bond donors (Lipinski definition) is 1. The maximum atomic E-state index is 6.07. The number of benzene rings is 1. The first-order valence-electron chi connectivity index (χ1n) is 7.76. The summed E-state index contributed by atoms with van der Waals surface area (Å²) in [5, 5.41) is 5.22. The van der Waals surface area contributed by atoms with Crippen molar-refractivity contribution >= 4 is 28.2 Å². The third-order valence-corrected chi connectivity index (χ3v) is 4.10. The lowest BCUT2D eigenvalue weighted by Gasteiger charge is -2.11. The molecule has 1 unspecified atom stereocenters. The molecular weight excluding hydrogens is 300 g/mol. The van der Waals surface area contributed by atoms with Crippen molar-refractivity contribution in [2.75, 3.05) is 38.3 Å². The third kappa shape index (κ3) is 4.09. The molecule has 0 radical (unpaired) electrons. The van der Waals surface area contributed by atoms with Crippen molar-refractivity contribution in [3.63, 3.8) is 0 Å². The number of pyridine rings is 1. The highest BCUT2D eigenvalue weighted by molar-refractivity contribution is 6.31. The normalized spacial score (nSPS) is 18.0. The minimum atomic E-state index is 0.583. The number of rotatable bonds is 7. The van der Waals surface area contributed by atoms with Crippen LogP contribution >= 0.6 is 11.6 Å². The molecule has 0 bridgehead atoms. The van der Waals surface area contributed by atoms with Gasteiger partial charge in [-0.25, -0.2) is 0 Å². The van der Waals surface area contributed by atoms with Crippen molar-refractivity contribution in [1.29, 1.82) is 0 Å². The van der Waals surface area contributed by atoms with Crippen LogP contribution < -0.4 is 5.32 Å². The molecule has 1 fully saturated rings. The molecule has 5 heteroatoms. The molecule has 2 aromatic rings. The van der Waals surface area contributed by atoms with E-state index in [4.69, 9.17) is 21.1 Å². The van der Waals surface area contributed by atoms with Crippen molar-refractivity contribution in [1.82, 2.24) is 4.98 Å². The standard InChI is InChI=1S/C17H21ClN2O2/c18-14-2-3-16-15(10-14)17(4-7-20-16)19-6-1-8-21-11-13-5-9-22-12-13/h2-4,7,10,13H,1,5-6,8-9,11-12H2,(H,19,20). The van der Waals surface area contributed by atoms with Gasteiger partial charge in [-0.05, 0) is 37.1 Å². The van der Waals surface area contributed by atoms with Gasteiger partial charge in [-0.2, -0.15) is 0 Å². The fraction of sp³-hybridized carbons (Fsp3) is 0.471. The monoisotopic (exact) mass is 320 g/mol. The summed E-state index contributed by atoms with van der Waals surface area (Å²) in [5.74, 6) is 0.583. The van der Waals surface area contributed by atoms with Crippen LogP contribution in [0.1, 0.15) is 12.8 Å². The average molecular weight is 321 g/mol. The fourth-order valence-corrected chi connectivity index (χ4v) is 2.81. The van der Waals surface area contributed by atoms with Crippen LogP contribution in [0.5, 0.6) is 0 Å². The predicted octanol–water partition coefficient (Wildman–Crippen LogP) is 3.74. The van der Waals surface area contributed by atoms with E-state index in [0.717, 1.165) is 67.4 Å². The van der Waals surface area contributed by atoms with Gasteiger partial charge in [0.1, 0.15) is 0 Å². The first kappa shape index (κ1) is 15.5. The molecule has 0 amide bonds. The zero-order valence-electron chi connectivity index (χ0n) is 12.6. The van der Waals surface area contributed by atoms with Gasteiger partial charge >= 0.3 is 0 Å². The molecule has 1 aromatic heterocycles. The Labute approximate surface area is 135 Å². The van der Waals surface area contributed by atoms with E-state index < -0.39 is 0 Å². The summed E-state index contributed by atoms with van der Waals surface area (Å²) in [5.41, 5.74) is 2.02. The molecule has 1 aliphatic heterocycles. The van der Waals surface area contributed by atoms with E-state index in [0.29, 0.717) is 5.92 Å². The minimum Gasteiger partial charge on any atom is -0.384 e. The molecule has 4 nitrogen and oxygen atoms in total. The van der Waals surface area contributed by atoms with Crippen LogP contribution in [0.25, 0.3) is 10.9 Å². The molecule has 0 spiro atoms.